The predicted octanol–water partition coefficient (Wildman–Crippen LogP) is 3.12. The zero-order valence-electron chi connectivity index (χ0n) is 14.0. The number of carbonyl (C=O) groups is 1. The standard InChI is InChI=1S/C20H20N4O/c25-20(18-12-21-14-22-13-18)24-7-5-15(6-8-24)9-16-10-17-3-1-2-4-19(17)23-11-16/h1-4,10-15H,5-9H2. The van der Waals surface area contributed by atoms with E-state index in [4.69, 9.17) is 0 Å². The fraction of sp³-hybridized carbons (Fsp3) is 0.300. The second-order valence-corrected chi connectivity index (χ2v) is 6.60. The van der Waals surface area contributed by atoms with Crippen molar-refractivity contribution in [3.8, 4) is 0 Å². The summed E-state index contributed by atoms with van der Waals surface area (Å²) in [7, 11) is 0. The number of hydrogen-bond acceptors (Lipinski definition) is 4. The first-order chi connectivity index (χ1) is 12.3. The quantitative estimate of drug-likeness (QED) is 0.739. The third kappa shape index (κ3) is 3.50. The van der Waals surface area contributed by atoms with E-state index in [0.29, 0.717) is 11.5 Å². The average molecular weight is 332 g/mol. The molecule has 126 valence electrons. The molecule has 25 heavy (non-hydrogen) atoms. The Morgan fingerprint density at radius 3 is 2.64 bits per heavy atom. The predicted molar refractivity (Wildman–Crippen MR) is 96.1 cm³/mol. The molecule has 1 aromatic carbocycles. The monoisotopic (exact) mass is 332 g/mol. The number of para-hydroxylation sites is 1. The summed E-state index contributed by atoms with van der Waals surface area (Å²) in [5.41, 5.74) is 2.89. The van der Waals surface area contributed by atoms with Crippen LogP contribution in [0, 0.1) is 5.92 Å². The molecule has 0 aliphatic carbocycles. The lowest BCUT2D eigenvalue weighted by atomic mass is 9.90. The van der Waals surface area contributed by atoms with Crippen molar-refractivity contribution in [2.75, 3.05) is 13.1 Å². The van der Waals surface area contributed by atoms with Gasteiger partial charge < -0.3 is 4.90 Å². The largest absolute Gasteiger partial charge is 0.339 e. The lowest BCUT2D eigenvalue weighted by Gasteiger charge is -2.32. The summed E-state index contributed by atoms with van der Waals surface area (Å²) in [4.78, 5) is 26.8. The molecule has 1 fully saturated rings. The van der Waals surface area contributed by atoms with Crippen molar-refractivity contribution >= 4 is 16.8 Å². The molecule has 1 saturated heterocycles. The Morgan fingerprint density at radius 2 is 1.84 bits per heavy atom. The summed E-state index contributed by atoms with van der Waals surface area (Å²) in [6.45, 7) is 1.58. The van der Waals surface area contributed by atoms with Gasteiger partial charge in [0.2, 0.25) is 0 Å². The molecule has 0 spiro atoms. The molecule has 5 nitrogen and oxygen atoms in total. The number of nitrogens with zero attached hydrogens (tertiary/aromatic N) is 4. The number of piperidine rings is 1. The molecular weight excluding hydrogens is 312 g/mol. The van der Waals surface area contributed by atoms with E-state index in [-0.39, 0.29) is 5.91 Å². The number of aromatic nitrogens is 3. The van der Waals surface area contributed by atoms with Crippen LogP contribution < -0.4 is 0 Å². The number of fused-ring (bicyclic) bond motifs is 1. The van der Waals surface area contributed by atoms with Gasteiger partial charge in [-0.25, -0.2) is 9.97 Å². The summed E-state index contributed by atoms with van der Waals surface area (Å²) in [5.74, 6) is 0.630. The van der Waals surface area contributed by atoms with Gasteiger partial charge in [-0.05, 0) is 42.9 Å². The molecule has 2 aromatic heterocycles. The van der Waals surface area contributed by atoms with Gasteiger partial charge in [0.1, 0.15) is 6.33 Å². The van der Waals surface area contributed by atoms with Crippen LogP contribution in [0.2, 0.25) is 0 Å². The second-order valence-electron chi connectivity index (χ2n) is 6.60. The maximum absolute atomic E-state index is 12.4. The normalized spacial score (nSPS) is 15.4. The Labute approximate surface area is 146 Å². The minimum atomic E-state index is 0.0337. The van der Waals surface area contributed by atoms with E-state index in [0.717, 1.165) is 37.9 Å². The molecule has 1 aliphatic rings. The molecule has 0 bridgehead atoms. The lowest BCUT2D eigenvalue weighted by molar-refractivity contribution is 0.0689. The number of hydrogen-bond donors (Lipinski definition) is 0. The molecule has 0 unspecified atom stereocenters. The number of benzene rings is 1. The highest BCUT2D eigenvalue weighted by Gasteiger charge is 2.24. The van der Waals surface area contributed by atoms with Gasteiger partial charge in [-0.15, -0.1) is 0 Å². The van der Waals surface area contributed by atoms with Crippen LogP contribution in [0.1, 0.15) is 28.8 Å². The van der Waals surface area contributed by atoms with Crippen molar-refractivity contribution in [3.05, 3.63) is 66.4 Å². The van der Waals surface area contributed by atoms with E-state index >= 15 is 0 Å². The second kappa shape index (κ2) is 6.97. The van der Waals surface area contributed by atoms with E-state index in [9.17, 15) is 4.79 Å². The minimum Gasteiger partial charge on any atom is -0.339 e. The third-order valence-electron chi connectivity index (χ3n) is 4.88. The maximum Gasteiger partial charge on any atom is 0.256 e. The van der Waals surface area contributed by atoms with Gasteiger partial charge in [-0.1, -0.05) is 18.2 Å². The summed E-state index contributed by atoms with van der Waals surface area (Å²) < 4.78 is 0. The zero-order valence-corrected chi connectivity index (χ0v) is 14.0. The first kappa shape index (κ1) is 15.7. The molecular formula is C20H20N4O. The molecule has 0 atom stereocenters. The van der Waals surface area contributed by atoms with Crippen molar-refractivity contribution in [2.45, 2.75) is 19.3 Å². The van der Waals surface area contributed by atoms with Gasteiger partial charge in [-0.2, -0.15) is 0 Å². The Kier molecular flexibility index (Phi) is 4.37. The highest BCUT2D eigenvalue weighted by molar-refractivity contribution is 5.93. The van der Waals surface area contributed by atoms with Crippen LogP contribution in [-0.2, 0) is 6.42 Å². The smallest absolute Gasteiger partial charge is 0.256 e. The van der Waals surface area contributed by atoms with Crippen LogP contribution in [0.15, 0.2) is 55.2 Å². The van der Waals surface area contributed by atoms with Crippen molar-refractivity contribution < 1.29 is 4.79 Å². The lowest BCUT2D eigenvalue weighted by Crippen LogP contribution is -2.39. The molecule has 5 heteroatoms. The first-order valence-corrected chi connectivity index (χ1v) is 8.67. The van der Waals surface area contributed by atoms with E-state index in [1.54, 1.807) is 12.4 Å². The van der Waals surface area contributed by atoms with Crippen LogP contribution in [0.3, 0.4) is 0 Å². The van der Waals surface area contributed by atoms with Crippen molar-refractivity contribution in [3.63, 3.8) is 0 Å². The molecule has 3 aromatic rings. The van der Waals surface area contributed by atoms with E-state index < -0.39 is 0 Å². The van der Waals surface area contributed by atoms with Crippen molar-refractivity contribution in [1.82, 2.24) is 19.9 Å². The third-order valence-corrected chi connectivity index (χ3v) is 4.88. The van der Waals surface area contributed by atoms with Crippen LogP contribution in [0.4, 0.5) is 0 Å². The zero-order chi connectivity index (χ0) is 17.1. The molecule has 0 radical (unpaired) electrons. The topological polar surface area (TPSA) is 59.0 Å². The Hall–Kier alpha value is -2.82. The van der Waals surface area contributed by atoms with Gasteiger partial charge in [-0.3, -0.25) is 9.78 Å². The van der Waals surface area contributed by atoms with Crippen molar-refractivity contribution in [1.29, 1.82) is 0 Å². The van der Waals surface area contributed by atoms with Gasteiger partial charge >= 0.3 is 0 Å². The molecule has 0 N–H and O–H groups in total. The van der Waals surface area contributed by atoms with Crippen LogP contribution in [0.5, 0.6) is 0 Å². The first-order valence-electron chi connectivity index (χ1n) is 8.67. The van der Waals surface area contributed by atoms with Crippen LogP contribution >= 0.6 is 0 Å². The minimum absolute atomic E-state index is 0.0337. The Bertz CT molecular complexity index is 873. The molecule has 1 amide bonds. The maximum atomic E-state index is 12.4. The number of pyridine rings is 1. The number of likely N-dealkylation sites (tertiary alicyclic amines) is 1. The molecule has 4 rings (SSSR count). The summed E-state index contributed by atoms with van der Waals surface area (Å²) in [6, 6.07) is 10.4. The summed E-state index contributed by atoms with van der Waals surface area (Å²) in [5, 5.41) is 1.19. The van der Waals surface area contributed by atoms with E-state index in [2.05, 4.69) is 27.1 Å². The SMILES string of the molecule is O=C(c1cncnc1)N1CCC(Cc2cnc3ccccc3c2)CC1. The summed E-state index contributed by atoms with van der Waals surface area (Å²) in [6.07, 6.45) is 9.67. The Balaban J connectivity index is 1.37. The number of rotatable bonds is 3. The number of carbonyl (C=O) groups excluding carboxylic acids is 1. The highest BCUT2D eigenvalue weighted by Crippen LogP contribution is 2.24. The van der Waals surface area contributed by atoms with E-state index in [1.807, 2.05) is 29.3 Å². The van der Waals surface area contributed by atoms with Gasteiger partial charge in [0.05, 0.1) is 11.1 Å². The van der Waals surface area contributed by atoms with Gasteiger partial charge in [0, 0.05) is 37.1 Å². The fourth-order valence-corrected chi connectivity index (χ4v) is 3.49. The summed E-state index contributed by atoms with van der Waals surface area (Å²) >= 11 is 0. The molecule has 0 saturated carbocycles. The Morgan fingerprint density at radius 1 is 1.08 bits per heavy atom. The molecule has 1 aliphatic heterocycles. The average Bonchev–Trinajstić information content (AvgIpc) is 2.69. The van der Waals surface area contributed by atoms with E-state index in [1.165, 1.54) is 17.3 Å². The highest BCUT2D eigenvalue weighted by atomic mass is 16.2. The van der Waals surface area contributed by atoms with Gasteiger partial charge in [0.15, 0.2) is 0 Å². The molecule has 3 heterocycles. The fourth-order valence-electron chi connectivity index (χ4n) is 3.49. The van der Waals surface area contributed by atoms with Crippen LogP contribution in [0.25, 0.3) is 10.9 Å². The van der Waals surface area contributed by atoms with Crippen molar-refractivity contribution in [2.24, 2.45) is 5.92 Å². The van der Waals surface area contributed by atoms with Crippen LogP contribution in [-0.4, -0.2) is 38.8 Å². The van der Waals surface area contributed by atoms with Gasteiger partial charge in [0.25, 0.3) is 5.91 Å². The number of amides is 1.